The first kappa shape index (κ1) is 19.9. The van der Waals surface area contributed by atoms with Gasteiger partial charge >= 0.3 is 0 Å². The zero-order valence-electron chi connectivity index (χ0n) is 16.1. The largest absolute Gasteiger partial charge is 0.494 e. The molecule has 3 aromatic rings. The van der Waals surface area contributed by atoms with E-state index in [9.17, 15) is 9.59 Å². The summed E-state index contributed by atoms with van der Waals surface area (Å²) < 4.78 is 10.9. The minimum Gasteiger partial charge on any atom is -0.494 e. The molecule has 0 heterocycles. The van der Waals surface area contributed by atoms with Crippen molar-refractivity contribution in [2.24, 2.45) is 0 Å². The molecule has 3 aromatic carbocycles. The molecule has 0 aliphatic rings. The Labute approximate surface area is 169 Å². The van der Waals surface area contributed by atoms with Crippen LogP contribution >= 0.6 is 0 Å². The Kier molecular flexibility index (Phi) is 6.84. The van der Waals surface area contributed by atoms with Gasteiger partial charge in [0.25, 0.3) is 11.8 Å². The van der Waals surface area contributed by atoms with Crippen LogP contribution in [0.25, 0.3) is 0 Å². The summed E-state index contributed by atoms with van der Waals surface area (Å²) in [4.78, 5) is 24.3. The number of hydrogen-bond acceptors (Lipinski definition) is 4. The number of benzene rings is 3. The molecule has 148 valence electrons. The summed E-state index contributed by atoms with van der Waals surface area (Å²) in [5.74, 6) is 0.734. The first-order chi connectivity index (χ1) is 14.1. The van der Waals surface area contributed by atoms with E-state index in [0.29, 0.717) is 29.3 Å². The highest BCUT2D eigenvalue weighted by Crippen LogP contribution is 2.19. The number of nitrogens with one attached hydrogen (secondary N) is 2. The van der Waals surface area contributed by atoms with Crippen LogP contribution in [0.4, 0.5) is 11.4 Å². The first-order valence-corrected chi connectivity index (χ1v) is 9.26. The van der Waals surface area contributed by atoms with Crippen molar-refractivity contribution in [3.05, 3.63) is 84.4 Å². The van der Waals surface area contributed by atoms with Gasteiger partial charge in [-0.3, -0.25) is 9.59 Å². The minimum atomic E-state index is -0.284. The monoisotopic (exact) mass is 390 g/mol. The second-order valence-corrected chi connectivity index (χ2v) is 6.14. The van der Waals surface area contributed by atoms with Crippen molar-refractivity contribution in [2.75, 3.05) is 23.8 Å². The molecule has 0 saturated carbocycles. The fraction of sp³-hybridized carbons (Fsp3) is 0.130. The topological polar surface area (TPSA) is 76.7 Å². The predicted molar refractivity (Wildman–Crippen MR) is 113 cm³/mol. The summed E-state index contributed by atoms with van der Waals surface area (Å²) in [5, 5.41) is 5.57. The molecule has 0 spiro atoms. The maximum Gasteiger partial charge on any atom is 0.262 e. The molecule has 0 unspecified atom stereocenters. The van der Waals surface area contributed by atoms with Crippen LogP contribution in [0.1, 0.15) is 17.3 Å². The molecule has 0 radical (unpaired) electrons. The van der Waals surface area contributed by atoms with Gasteiger partial charge in [0.2, 0.25) is 0 Å². The Morgan fingerprint density at radius 1 is 0.759 bits per heavy atom. The van der Waals surface area contributed by atoms with Crippen molar-refractivity contribution in [3.63, 3.8) is 0 Å². The van der Waals surface area contributed by atoms with Gasteiger partial charge in [-0.2, -0.15) is 0 Å². The van der Waals surface area contributed by atoms with Gasteiger partial charge in [-0.05, 0) is 55.5 Å². The second-order valence-electron chi connectivity index (χ2n) is 6.14. The zero-order chi connectivity index (χ0) is 20.5. The molecule has 0 aliphatic heterocycles. The number of anilines is 2. The molecule has 29 heavy (non-hydrogen) atoms. The van der Waals surface area contributed by atoms with Crippen LogP contribution in [0.2, 0.25) is 0 Å². The molecule has 6 nitrogen and oxygen atoms in total. The highest BCUT2D eigenvalue weighted by atomic mass is 16.5. The third-order valence-corrected chi connectivity index (χ3v) is 3.95. The van der Waals surface area contributed by atoms with Crippen LogP contribution in [0, 0.1) is 0 Å². The molecule has 0 bridgehead atoms. The SMILES string of the molecule is CCOc1ccc(NC(=O)COc2cccc(NC(=O)c3ccccc3)c2)cc1. The van der Waals surface area contributed by atoms with Crippen molar-refractivity contribution in [2.45, 2.75) is 6.92 Å². The van der Waals surface area contributed by atoms with Crippen molar-refractivity contribution < 1.29 is 19.1 Å². The van der Waals surface area contributed by atoms with E-state index in [1.165, 1.54) is 0 Å². The quantitative estimate of drug-likeness (QED) is 0.599. The average Bonchev–Trinajstić information content (AvgIpc) is 2.75. The number of ether oxygens (including phenoxy) is 2. The summed E-state index contributed by atoms with van der Waals surface area (Å²) in [6.45, 7) is 2.35. The molecule has 0 aromatic heterocycles. The maximum atomic E-state index is 12.2. The van der Waals surface area contributed by atoms with E-state index in [1.54, 1.807) is 72.8 Å². The Hall–Kier alpha value is -3.80. The van der Waals surface area contributed by atoms with Crippen LogP contribution in [0.15, 0.2) is 78.9 Å². The fourth-order valence-electron chi connectivity index (χ4n) is 2.60. The lowest BCUT2D eigenvalue weighted by Crippen LogP contribution is -2.20. The second kappa shape index (κ2) is 9.94. The molecule has 0 fully saturated rings. The molecular weight excluding hydrogens is 368 g/mol. The Morgan fingerprint density at radius 2 is 1.52 bits per heavy atom. The average molecular weight is 390 g/mol. The van der Waals surface area contributed by atoms with E-state index in [2.05, 4.69) is 10.6 Å². The van der Waals surface area contributed by atoms with Gasteiger partial charge in [0.05, 0.1) is 6.61 Å². The number of amides is 2. The van der Waals surface area contributed by atoms with Gasteiger partial charge in [0, 0.05) is 23.0 Å². The summed E-state index contributed by atoms with van der Waals surface area (Å²) in [5.41, 5.74) is 1.81. The van der Waals surface area contributed by atoms with Crippen molar-refractivity contribution >= 4 is 23.2 Å². The lowest BCUT2D eigenvalue weighted by Gasteiger charge is -2.10. The highest BCUT2D eigenvalue weighted by molar-refractivity contribution is 6.04. The normalized spacial score (nSPS) is 10.1. The Bertz CT molecular complexity index is 956. The van der Waals surface area contributed by atoms with Crippen molar-refractivity contribution in [1.29, 1.82) is 0 Å². The van der Waals surface area contributed by atoms with Crippen LogP contribution in [0.3, 0.4) is 0 Å². The molecule has 0 atom stereocenters. The zero-order valence-corrected chi connectivity index (χ0v) is 16.1. The van der Waals surface area contributed by atoms with Gasteiger partial charge in [-0.25, -0.2) is 0 Å². The number of hydrogen-bond donors (Lipinski definition) is 2. The van der Waals surface area contributed by atoms with Crippen molar-refractivity contribution in [1.82, 2.24) is 0 Å². The number of carbonyl (C=O) groups is 2. The lowest BCUT2D eigenvalue weighted by atomic mass is 10.2. The maximum absolute atomic E-state index is 12.2. The van der Waals surface area contributed by atoms with E-state index >= 15 is 0 Å². The van der Waals surface area contributed by atoms with Gasteiger partial charge in [0.15, 0.2) is 6.61 Å². The molecular formula is C23H22N2O4. The third kappa shape index (κ3) is 6.10. The highest BCUT2D eigenvalue weighted by Gasteiger charge is 2.07. The van der Waals surface area contributed by atoms with E-state index in [4.69, 9.17) is 9.47 Å². The predicted octanol–water partition coefficient (Wildman–Crippen LogP) is 4.36. The van der Waals surface area contributed by atoms with Gasteiger partial charge in [-0.15, -0.1) is 0 Å². The van der Waals surface area contributed by atoms with Gasteiger partial charge in [-0.1, -0.05) is 24.3 Å². The summed E-state index contributed by atoms with van der Waals surface area (Å²) in [7, 11) is 0. The minimum absolute atomic E-state index is 0.150. The number of carbonyl (C=O) groups excluding carboxylic acids is 2. The summed E-state index contributed by atoms with van der Waals surface area (Å²) in [6.07, 6.45) is 0. The first-order valence-electron chi connectivity index (χ1n) is 9.26. The van der Waals surface area contributed by atoms with E-state index in [1.807, 2.05) is 13.0 Å². The van der Waals surface area contributed by atoms with Crippen LogP contribution < -0.4 is 20.1 Å². The number of rotatable bonds is 8. The molecule has 0 saturated heterocycles. The molecule has 6 heteroatoms. The van der Waals surface area contributed by atoms with Gasteiger partial charge < -0.3 is 20.1 Å². The summed E-state index contributed by atoms with van der Waals surface area (Å²) >= 11 is 0. The van der Waals surface area contributed by atoms with E-state index in [0.717, 1.165) is 5.75 Å². The smallest absolute Gasteiger partial charge is 0.262 e. The fourth-order valence-corrected chi connectivity index (χ4v) is 2.60. The Morgan fingerprint density at radius 3 is 2.24 bits per heavy atom. The van der Waals surface area contributed by atoms with Crippen LogP contribution in [0.5, 0.6) is 11.5 Å². The molecule has 0 aliphatic carbocycles. The van der Waals surface area contributed by atoms with Crippen LogP contribution in [-0.2, 0) is 4.79 Å². The molecule has 2 amide bonds. The van der Waals surface area contributed by atoms with Crippen LogP contribution in [-0.4, -0.2) is 25.0 Å². The molecule has 3 rings (SSSR count). The lowest BCUT2D eigenvalue weighted by molar-refractivity contribution is -0.118. The third-order valence-electron chi connectivity index (χ3n) is 3.95. The van der Waals surface area contributed by atoms with Crippen molar-refractivity contribution in [3.8, 4) is 11.5 Å². The Balaban J connectivity index is 1.52. The standard InChI is InChI=1S/C23H22N2O4/c1-2-28-20-13-11-18(12-14-20)24-22(26)16-29-21-10-6-9-19(15-21)25-23(27)17-7-4-3-5-8-17/h3-15H,2,16H2,1H3,(H,24,26)(H,25,27). The molecule has 2 N–H and O–H groups in total. The van der Waals surface area contributed by atoms with Gasteiger partial charge in [0.1, 0.15) is 11.5 Å². The summed E-state index contributed by atoms with van der Waals surface area (Å²) in [6, 6.07) is 22.9. The van der Waals surface area contributed by atoms with E-state index in [-0.39, 0.29) is 18.4 Å². The van der Waals surface area contributed by atoms with E-state index < -0.39 is 0 Å².